The van der Waals surface area contributed by atoms with E-state index in [4.69, 9.17) is 5.11 Å². The molecule has 0 aromatic carbocycles. The molecule has 1 aliphatic heterocycles. The second-order valence-corrected chi connectivity index (χ2v) is 5.03. The van der Waals surface area contributed by atoms with Crippen molar-refractivity contribution in [3.05, 3.63) is 18.0 Å². The van der Waals surface area contributed by atoms with Gasteiger partial charge >= 0.3 is 5.97 Å². The van der Waals surface area contributed by atoms with Crippen LogP contribution in [-0.2, 0) is 18.4 Å². The molecule has 2 rings (SSSR count). The monoisotopic (exact) mass is 251 g/mol. The minimum absolute atomic E-state index is 0.267. The van der Waals surface area contributed by atoms with E-state index in [1.165, 1.54) is 12.8 Å². The first-order valence-electron chi connectivity index (χ1n) is 6.59. The molecule has 0 spiro atoms. The fraction of sp³-hybridized carbons (Fsp3) is 0.692. The van der Waals surface area contributed by atoms with E-state index in [-0.39, 0.29) is 6.42 Å². The van der Waals surface area contributed by atoms with Gasteiger partial charge < -0.3 is 5.11 Å². The van der Waals surface area contributed by atoms with Crippen LogP contribution in [0.4, 0.5) is 0 Å². The SMILES string of the molecule is Cn1ccc(CN2CCCCC2CCC(=O)O)n1. The minimum Gasteiger partial charge on any atom is -0.481 e. The number of hydrogen-bond donors (Lipinski definition) is 1. The molecule has 0 saturated carbocycles. The van der Waals surface area contributed by atoms with Crippen LogP contribution in [0.15, 0.2) is 12.3 Å². The summed E-state index contributed by atoms with van der Waals surface area (Å²) in [6, 6.07) is 2.43. The first-order valence-corrected chi connectivity index (χ1v) is 6.59. The lowest BCUT2D eigenvalue weighted by molar-refractivity contribution is -0.137. The van der Waals surface area contributed by atoms with E-state index in [0.29, 0.717) is 6.04 Å². The highest BCUT2D eigenvalue weighted by atomic mass is 16.4. The number of aliphatic carboxylic acids is 1. The normalized spacial score (nSPS) is 21.1. The number of carboxylic acids is 1. The molecular formula is C13H21N3O2. The quantitative estimate of drug-likeness (QED) is 0.864. The minimum atomic E-state index is -0.696. The Balaban J connectivity index is 1.92. The Labute approximate surface area is 107 Å². The summed E-state index contributed by atoms with van der Waals surface area (Å²) >= 11 is 0. The van der Waals surface area contributed by atoms with Crippen molar-refractivity contribution in [3.8, 4) is 0 Å². The Morgan fingerprint density at radius 3 is 3.06 bits per heavy atom. The van der Waals surface area contributed by atoms with E-state index in [0.717, 1.165) is 31.6 Å². The standard InChI is InChI=1S/C13H21N3O2/c1-15-9-7-11(14-15)10-16-8-3-2-4-12(16)5-6-13(17)18/h7,9,12H,2-6,8,10H2,1H3,(H,17,18). The topological polar surface area (TPSA) is 58.4 Å². The van der Waals surface area contributed by atoms with E-state index >= 15 is 0 Å². The van der Waals surface area contributed by atoms with E-state index in [9.17, 15) is 4.79 Å². The maximum Gasteiger partial charge on any atom is 0.303 e. The first-order chi connectivity index (χ1) is 8.65. The highest BCUT2D eigenvalue weighted by Crippen LogP contribution is 2.22. The van der Waals surface area contributed by atoms with Crippen LogP contribution in [0.2, 0.25) is 0 Å². The van der Waals surface area contributed by atoms with Gasteiger partial charge in [-0.1, -0.05) is 6.42 Å². The number of hydrogen-bond acceptors (Lipinski definition) is 3. The predicted molar refractivity (Wildman–Crippen MR) is 68.1 cm³/mol. The Morgan fingerprint density at radius 1 is 1.56 bits per heavy atom. The van der Waals surface area contributed by atoms with Crippen LogP contribution in [0.25, 0.3) is 0 Å². The third kappa shape index (κ3) is 3.57. The third-order valence-electron chi connectivity index (χ3n) is 3.57. The maximum atomic E-state index is 10.7. The summed E-state index contributed by atoms with van der Waals surface area (Å²) in [5, 5.41) is 13.2. The van der Waals surface area contributed by atoms with Crippen molar-refractivity contribution in [3.63, 3.8) is 0 Å². The van der Waals surface area contributed by atoms with Gasteiger partial charge in [0.1, 0.15) is 0 Å². The molecule has 1 saturated heterocycles. The van der Waals surface area contributed by atoms with Gasteiger partial charge in [0.05, 0.1) is 5.69 Å². The number of nitrogens with zero attached hydrogens (tertiary/aromatic N) is 3. The summed E-state index contributed by atoms with van der Waals surface area (Å²) in [7, 11) is 1.92. The highest BCUT2D eigenvalue weighted by molar-refractivity contribution is 5.66. The molecule has 5 nitrogen and oxygen atoms in total. The molecule has 100 valence electrons. The van der Waals surface area contributed by atoms with Crippen molar-refractivity contribution in [2.45, 2.75) is 44.7 Å². The molecule has 0 amide bonds. The van der Waals surface area contributed by atoms with Crippen LogP contribution >= 0.6 is 0 Å². The summed E-state index contributed by atoms with van der Waals surface area (Å²) in [4.78, 5) is 13.1. The number of likely N-dealkylation sites (tertiary alicyclic amines) is 1. The number of aromatic nitrogens is 2. The molecule has 1 aromatic heterocycles. The fourth-order valence-corrected chi connectivity index (χ4v) is 2.64. The van der Waals surface area contributed by atoms with Gasteiger partial charge in [-0.05, 0) is 31.9 Å². The molecule has 1 aromatic rings. The largest absolute Gasteiger partial charge is 0.481 e. The second kappa shape index (κ2) is 6.00. The zero-order valence-corrected chi connectivity index (χ0v) is 10.9. The van der Waals surface area contributed by atoms with E-state index in [1.54, 1.807) is 0 Å². The third-order valence-corrected chi connectivity index (χ3v) is 3.57. The fourth-order valence-electron chi connectivity index (χ4n) is 2.64. The number of aryl methyl sites for hydroxylation is 1. The lowest BCUT2D eigenvalue weighted by Crippen LogP contribution is -2.39. The molecular weight excluding hydrogens is 230 g/mol. The molecule has 18 heavy (non-hydrogen) atoms. The van der Waals surface area contributed by atoms with Gasteiger partial charge in [0.2, 0.25) is 0 Å². The van der Waals surface area contributed by atoms with Crippen LogP contribution < -0.4 is 0 Å². The zero-order valence-electron chi connectivity index (χ0n) is 10.9. The molecule has 1 unspecified atom stereocenters. The van der Waals surface area contributed by atoms with E-state index in [1.807, 2.05) is 24.0 Å². The zero-order chi connectivity index (χ0) is 13.0. The van der Waals surface area contributed by atoms with Crippen molar-refractivity contribution in [1.29, 1.82) is 0 Å². The maximum absolute atomic E-state index is 10.7. The highest BCUT2D eigenvalue weighted by Gasteiger charge is 2.23. The van der Waals surface area contributed by atoms with Gasteiger partial charge in [-0.25, -0.2) is 0 Å². The summed E-state index contributed by atoms with van der Waals surface area (Å²) in [5.74, 6) is -0.696. The Kier molecular flexibility index (Phi) is 4.36. The van der Waals surface area contributed by atoms with Crippen LogP contribution in [0, 0.1) is 0 Å². The molecule has 5 heteroatoms. The molecule has 1 fully saturated rings. The molecule has 1 aliphatic rings. The van der Waals surface area contributed by atoms with Crippen molar-refractivity contribution in [2.75, 3.05) is 6.54 Å². The molecule has 0 bridgehead atoms. The summed E-state index contributed by atoms with van der Waals surface area (Å²) in [5.41, 5.74) is 1.07. The number of carbonyl (C=O) groups is 1. The summed E-state index contributed by atoms with van der Waals surface area (Å²) in [6.07, 6.45) is 6.50. The van der Waals surface area contributed by atoms with Gasteiger partial charge in [-0.2, -0.15) is 5.10 Å². The van der Waals surface area contributed by atoms with Crippen LogP contribution in [-0.4, -0.2) is 38.3 Å². The number of rotatable bonds is 5. The molecule has 1 N–H and O–H groups in total. The lowest BCUT2D eigenvalue weighted by atomic mass is 9.98. The van der Waals surface area contributed by atoms with Crippen LogP contribution in [0.1, 0.15) is 37.8 Å². The Bertz CT molecular complexity index is 403. The second-order valence-electron chi connectivity index (χ2n) is 5.03. The summed E-state index contributed by atoms with van der Waals surface area (Å²) in [6.45, 7) is 1.89. The smallest absolute Gasteiger partial charge is 0.303 e. The molecule has 2 heterocycles. The molecule has 1 atom stereocenters. The van der Waals surface area contributed by atoms with Gasteiger partial charge in [0, 0.05) is 32.3 Å². The van der Waals surface area contributed by atoms with E-state index in [2.05, 4.69) is 10.00 Å². The van der Waals surface area contributed by atoms with Gasteiger partial charge in [-0.15, -0.1) is 0 Å². The Morgan fingerprint density at radius 2 is 2.39 bits per heavy atom. The van der Waals surface area contributed by atoms with Gasteiger partial charge in [-0.3, -0.25) is 14.4 Å². The van der Waals surface area contributed by atoms with Gasteiger partial charge in [0.25, 0.3) is 0 Å². The molecule has 0 aliphatic carbocycles. The number of piperidine rings is 1. The first kappa shape index (κ1) is 13.1. The molecule has 0 radical (unpaired) electrons. The van der Waals surface area contributed by atoms with Crippen molar-refractivity contribution < 1.29 is 9.90 Å². The summed E-state index contributed by atoms with van der Waals surface area (Å²) < 4.78 is 1.81. The van der Waals surface area contributed by atoms with Crippen molar-refractivity contribution >= 4 is 5.97 Å². The van der Waals surface area contributed by atoms with Crippen molar-refractivity contribution in [2.24, 2.45) is 7.05 Å². The van der Waals surface area contributed by atoms with Crippen LogP contribution in [0.5, 0.6) is 0 Å². The average Bonchev–Trinajstić information content (AvgIpc) is 2.73. The number of carboxylic acid groups (broad SMARTS) is 1. The Hall–Kier alpha value is -1.36. The van der Waals surface area contributed by atoms with Crippen molar-refractivity contribution in [1.82, 2.24) is 14.7 Å². The van der Waals surface area contributed by atoms with Gasteiger partial charge in [0.15, 0.2) is 0 Å². The van der Waals surface area contributed by atoms with Crippen LogP contribution in [0.3, 0.4) is 0 Å². The average molecular weight is 251 g/mol. The lowest BCUT2D eigenvalue weighted by Gasteiger charge is -2.35. The van der Waals surface area contributed by atoms with E-state index < -0.39 is 5.97 Å². The predicted octanol–water partition coefficient (Wildman–Crippen LogP) is 1.64.